The maximum Gasteiger partial charge on any atom is 0.124 e. The van der Waals surface area contributed by atoms with E-state index in [0.29, 0.717) is 0 Å². The first-order valence-electron chi connectivity index (χ1n) is 6.16. The molecule has 1 atom stereocenters. The average Bonchev–Trinajstić information content (AvgIpc) is 2.55. The van der Waals surface area contributed by atoms with E-state index < -0.39 is 0 Å². The van der Waals surface area contributed by atoms with Crippen LogP contribution < -0.4 is 0 Å². The van der Waals surface area contributed by atoms with Crippen LogP contribution in [0.3, 0.4) is 0 Å². The zero-order valence-corrected chi connectivity index (χ0v) is 10.6. The van der Waals surface area contributed by atoms with Gasteiger partial charge in [0.05, 0.1) is 11.7 Å². The number of rotatable bonds is 0. The molecule has 0 aromatic carbocycles. The van der Waals surface area contributed by atoms with Crippen LogP contribution in [0.4, 0.5) is 0 Å². The second-order valence-corrected chi connectivity index (χ2v) is 6.32. The van der Waals surface area contributed by atoms with Crippen molar-refractivity contribution in [2.45, 2.75) is 52.2 Å². The van der Waals surface area contributed by atoms with Crippen LogP contribution in [0.15, 0.2) is 23.0 Å². The summed E-state index contributed by atoms with van der Waals surface area (Å²) in [6.45, 7) is 9.62. The highest BCUT2D eigenvalue weighted by Gasteiger charge is 2.45. The van der Waals surface area contributed by atoms with Gasteiger partial charge in [-0.15, -0.1) is 0 Å². The summed E-state index contributed by atoms with van der Waals surface area (Å²) in [5.41, 5.74) is 2.92. The van der Waals surface area contributed by atoms with E-state index in [-0.39, 0.29) is 17.1 Å². The Morgan fingerprint density at radius 2 is 2.00 bits per heavy atom. The topological polar surface area (TPSA) is 18.5 Å². The number of hydrogen-bond donors (Lipinski definition) is 0. The Hall–Kier alpha value is -0.760. The number of hydrogen-bond acceptors (Lipinski definition) is 2. The van der Waals surface area contributed by atoms with Crippen molar-refractivity contribution in [1.82, 2.24) is 0 Å². The highest BCUT2D eigenvalue weighted by atomic mass is 16.5. The lowest BCUT2D eigenvalue weighted by Gasteiger charge is -2.40. The van der Waals surface area contributed by atoms with Gasteiger partial charge in [-0.25, -0.2) is 0 Å². The molecular weight excluding hydrogens is 200 g/mol. The maximum atomic E-state index is 6.14. The molecule has 0 fully saturated rings. The first-order chi connectivity index (χ1) is 7.39. The minimum Gasteiger partial charge on any atom is -0.489 e. The van der Waals surface area contributed by atoms with Gasteiger partial charge in [0.1, 0.15) is 12.4 Å². The van der Waals surface area contributed by atoms with Crippen molar-refractivity contribution < 1.29 is 9.47 Å². The van der Waals surface area contributed by atoms with Crippen LogP contribution in [0.1, 0.15) is 40.5 Å². The molecule has 2 heteroatoms. The molecule has 0 aromatic rings. The van der Waals surface area contributed by atoms with E-state index in [1.807, 2.05) is 0 Å². The molecule has 0 aromatic heterocycles. The second-order valence-electron chi connectivity index (χ2n) is 6.32. The van der Waals surface area contributed by atoms with Crippen molar-refractivity contribution in [2.24, 2.45) is 5.41 Å². The van der Waals surface area contributed by atoms with Gasteiger partial charge in [0.15, 0.2) is 0 Å². The molecule has 0 bridgehead atoms. The molecule has 2 nitrogen and oxygen atoms in total. The summed E-state index contributed by atoms with van der Waals surface area (Å²) in [5, 5.41) is 0. The van der Waals surface area contributed by atoms with E-state index in [2.05, 4.69) is 33.8 Å². The van der Waals surface area contributed by atoms with Crippen LogP contribution in [0.2, 0.25) is 0 Å². The molecule has 88 valence electrons. The molecule has 16 heavy (non-hydrogen) atoms. The molecule has 0 amide bonds. The lowest BCUT2D eigenvalue weighted by molar-refractivity contribution is -0.0442. The summed E-state index contributed by atoms with van der Waals surface area (Å²) < 4.78 is 12.0. The molecule has 0 saturated carbocycles. The van der Waals surface area contributed by atoms with Gasteiger partial charge in [0, 0.05) is 5.57 Å². The maximum absolute atomic E-state index is 6.14. The Bertz CT molecular complexity index is 399. The molecule has 0 N–H and O–H groups in total. The lowest BCUT2D eigenvalue weighted by Crippen LogP contribution is -2.38. The van der Waals surface area contributed by atoms with Crippen molar-refractivity contribution in [3.05, 3.63) is 23.0 Å². The van der Waals surface area contributed by atoms with Crippen molar-refractivity contribution >= 4 is 0 Å². The molecule has 0 radical (unpaired) electrons. The Labute approximate surface area is 97.3 Å². The molecule has 2 aliphatic heterocycles. The van der Waals surface area contributed by atoms with Crippen molar-refractivity contribution in [3.63, 3.8) is 0 Å². The van der Waals surface area contributed by atoms with Crippen LogP contribution in [0.5, 0.6) is 0 Å². The fourth-order valence-electron chi connectivity index (χ4n) is 3.11. The van der Waals surface area contributed by atoms with E-state index in [9.17, 15) is 0 Å². The van der Waals surface area contributed by atoms with Crippen molar-refractivity contribution in [3.8, 4) is 0 Å². The van der Waals surface area contributed by atoms with Crippen molar-refractivity contribution in [2.75, 3.05) is 6.61 Å². The molecule has 3 rings (SSSR count). The smallest absolute Gasteiger partial charge is 0.124 e. The highest BCUT2D eigenvalue weighted by molar-refractivity contribution is 5.46. The SMILES string of the molecule is CC1(C)C=C2OCC3=C2C(CCC3(C)C)O1. The zero-order valence-electron chi connectivity index (χ0n) is 10.6. The fourth-order valence-corrected chi connectivity index (χ4v) is 3.11. The largest absolute Gasteiger partial charge is 0.489 e. The summed E-state index contributed by atoms with van der Waals surface area (Å²) in [7, 11) is 0. The third kappa shape index (κ3) is 1.36. The molecular formula is C14H20O2. The van der Waals surface area contributed by atoms with E-state index in [1.165, 1.54) is 17.6 Å². The summed E-state index contributed by atoms with van der Waals surface area (Å²) in [5.74, 6) is 1.09. The van der Waals surface area contributed by atoms with Crippen LogP contribution in [-0.2, 0) is 9.47 Å². The Morgan fingerprint density at radius 1 is 1.25 bits per heavy atom. The van der Waals surface area contributed by atoms with Gasteiger partial charge in [0.2, 0.25) is 0 Å². The fraction of sp³-hybridized carbons (Fsp3) is 0.714. The standard InChI is InChI=1S/C14H20O2/c1-13(2)6-5-10-12-9(13)8-15-11(12)7-14(3,4)16-10/h7,10H,5-6,8H2,1-4H3. The summed E-state index contributed by atoms with van der Waals surface area (Å²) in [6.07, 6.45) is 4.72. The van der Waals surface area contributed by atoms with Gasteiger partial charge in [-0.05, 0) is 43.8 Å². The third-order valence-electron chi connectivity index (χ3n) is 4.06. The van der Waals surface area contributed by atoms with E-state index in [0.717, 1.165) is 18.8 Å². The van der Waals surface area contributed by atoms with Crippen LogP contribution >= 0.6 is 0 Å². The summed E-state index contributed by atoms with van der Waals surface area (Å²) in [4.78, 5) is 0. The van der Waals surface area contributed by atoms with E-state index in [1.54, 1.807) is 0 Å². The summed E-state index contributed by atoms with van der Waals surface area (Å²) in [6, 6.07) is 0. The quantitative estimate of drug-likeness (QED) is 0.624. The minimum atomic E-state index is -0.180. The number of ether oxygens (including phenoxy) is 2. The van der Waals surface area contributed by atoms with Gasteiger partial charge < -0.3 is 9.47 Å². The molecule has 2 heterocycles. The van der Waals surface area contributed by atoms with E-state index >= 15 is 0 Å². The van der Waals surface area contributed by atoms with Crippen LogP contribution in [0.25, 0.3) is 0 Å². The van der Waals surface area contributed by atoms with Gasteiger partial charge >= 0.3 is 0 Å². The molecule has 3 aliphatic rings. The average molecular weight is 220 g/mol. The van der Waals surface area contributed by atoms with Crippen molar-refractivity contribution in [1.29, 1.82) is 0 Å². The van der Waals surface area contributed by atoms with Gasteiger partial charge in [-0.1, -0.05) is 13.8 Å². The first kappa shape index (κ1) is 10.4. The highest BCUT2D eigenvalue weighted by Crippen LogP contribution is 2.50. The van der Waals surface area contributed by atoms with E-state index in [4.69, 9.17) is 9.47 Å². The van der Waals surface area contributed by atoms with Gasteiger partial charge in [-0.2, -0.15) is 0 Å². The first-order valence-corrected chi connectivity index (χ1v) is 6.16. The minimum absolute atomic E-state index is 0.180. The predicted molar refractivity (Wildman–Crippen MR) is 63.0 cm³/mol. The predicted octanol–water partition coefficient (Wildman–Crippen LogP) is 3.19. The van der Waals surface area contributed by atoms with Crippen LogP contribution in [-0.4, -0.2) is 18.3 Å². The monoisotopic (exact) mass is 220 g/mol. The van der Waals surface area contributed by atoms with Gasteiger partial charge in [-0.3, -0.25) is 0 Å². The zero-order chi connectivity index (χ0) is 11.6. The Kier molecular flexibility index (Phi) is 1.90. The summed E-state index contributed by atoms with van der Waals surface area (Å²) >= 11 is 0. The van der Waals surface area contributed by atoms with Crippen LogP contribution in [0, 0.1) is 5.41 Å². The molecule has 1 aliphatic carbocycles. The lowest BCUT2D eigenvalue weighted by atomic mass is 9.71. The third-order valence-corrected chi connectivity index (χ3v) is 4.06. The Morgan fingerprint density at radius 3 is 2.75 bits per heavy atom. The Balaban J connectivity index is 2.13. The van der Waals surface area contributed by atoms with Gasteiger partial charge in [0.25, 0.3) is 0 Å². The normalized spacial score (nSPS) is 34.2. The molecule has 0 spiro atoms. The molecule has 0 saturated heterocycles. The second kappa shape index (κ2) is 2.92. The molecule has 1 unspecified atom stereocenters.